The maximum Gasteiger partial charge on any atom is 0.357 e. The molecule has 0 aliphatic heterocycles. The van der Waals surface area contributed by atoms with Crippen molar-refractivity contribution in [2.24, 2.45) is 0 Å². The molecule has 0 radical (unpaired) electrons. The Bertz CT molecular complexity index is 394. The second-order valence-corrected chi connectivity index (χ2v) is 3.01. The minimum Gasteiger partial charge on any atom is -0.374 e. The summed E-state index contributed by atoms with van der Waals surface area (Å²) in [6.07, 6.45) is 0. The number of rotatable bonds is 2. The van der Waals surface area contributed by atoms with Crippen molar-refractivity contribution in [1.82, 2.24) is 0 Å². The Morgan fingerprint density at radius 3 is 2.43 bits per heavy atom. The van der Waals surface area contributed by atoms with Crippen LogP contribution in [0, 0.1) is 24.4 Å². The highest BCUT2D eigenvalue weighted by Crippen LogP contribution is 2.26. The largest absolute Gasteiger partial charge is 0.374 e. The van der Waals surface area contributed by atoms with Crippen LogP contribution in [-0.4, -0.2) is 8.76 Å². The van der Waals surface area contributed by atoms with Crippen LogP contribution >= 0.6 is 0 Å². The van der Waals surface area contributed by atoms with Gasteiger partial charge in [0.15, 0.2) is 11.6 Å². The van der Waals surface area contributed by atoms with Crippen molar-refractivity contribution in [2.45, 2.75) is 6.92 Å². The average Bonchev–Trinajstić information content (AvgIpc) is 2.09. The highest BCUT2D eigenvalue weighted by atomic mass is 32.2. The van der Waals surface area contributed by atoms with Gasteiger partial charge >= 0.3 is 11.4 Å². The van der Waals surface area contributed by atoms with Gasteiger partial charge in [-0.05, 0) is 6.92 Å². The fraction of sp³-hybridized carbons (Fsp3) is 0.143. The molecule has 1 atom stereocenters. The number of hydrogen-bond acceptors (Lipinski definition) is 2. The standard InChI is InChI=1S/C7H5F3O3S/c1-3-4(8)2-5(9)7(6(3)10)13-14(11)12/h2H,1H3,(H,11,12). The molecule has 0 saturated carbocycles. The van der Waals surface area contributed by atoms with Crippen LogP contribution in [0.4, 0.5) is 13.2 Å². The van der Waals surface area contributed by atoms with E-state index in [-0.39, 0.29) is 0 Å². The van der Waals surface area contributed by atoms with Crippen molar-refractivity contribution in [3.05, 3.63) is 29.1 Å². The Hall–Kier alpha value is -1.08. The van der Waals surface area contributed by atoms with E-state index in [0.29, 0.717) is 6.07 Å². The minimum atomic E-state index is -2.85. The minimum absolute atomic E-state index is 0.376. The molecule has 78 valence electrons. The zero-order valence-corrected chi connectivity index (χ0v) is 7.70. The highest BCUT2D eigenvalue weighted by Gasteiger charge is 2.19. The van der Waals surface area contributed by atoms with Gasteiger partial charge in [-0.2, -0.15) is 4.21 Å². The van der Waals surface area contributed by atoms with Gasteiger partial charge in [0.05, 0.1) is 0 Å². The summed E-state index contributed by atoms with van der Waals surface area (Å²) in [7, 11) is 0. The van der Waals surface area contributed by atoms with E-state index in [1.54, 1.807) is 0 Å². The Balaban J connectivity index is 3.29. The molecule has 0 fully saturated rings. The van der Waals surface area contributed by atoms with Gasteiger partial charge in [0.25, 0.3) is 0 Å². The lowest BCUT2D eigenvalue weighted by molar-refractivity contribution is 0.410. The fourth-order valence-corrected chi connectivity index (χ4v) is 1.11. The monoisotopic (exact) mass is 226 g/mol. The fourth-order valence-electron chi connectivity index (χ4n) is 0.813. The molecule has 1 N–H and O–H groups in total. The second kappa shape index (κ2) is 3.97. The first-order valence-electron chi connectivity index (χ1n) is 3.36. The van der Waals surface area contributed by atoms with Crippen molar-refractivity contribution in [3.8, 4) is 5.75 Å². The second-order valence-electron chi connectivity index (χ2n) is 2.41. The predicted molar refractivity (Wildman–Crippen MR) is 42.5 cm³/mol. The summed E-state index contributed by atoms with van der Waals surface area (Å²) in [5.74, 6) is -4.85. The molecule has 0 aliphatic carbocycles. The first-order chi connectivity index (χ1) is 6.43. The highest BCUT2D eigenvalue weighted by molar-refractivity contribution is 7.74. The van der Waals surface area contributed by atoms with Crippen molar-refractivity contribution in [1.29, 1.82) is 0 Å². The number of halogens is 3. The van der Waals surface area contributed by atoms with Crippen molar-refractivity contribution >= 4 is 11.4 Å². The van der Waals surface area contributed by atoms with Gasteiger partial charge in [-0.3, -0.25) is 4.55 Å². The molecular weight excluding hydrogens is 221 g/mol. The summed E-state index contributed by atoms with van der Waals surface area (Å²) in [6.45, 7) is 1.05. The van der Waals surface area contributed by atoms with Gasteiger partial charge in [0, 0.05) is 11.6 Å². The Morgan fingerprint density at radius 1 is 1.36 bits per heavy atom. The molecule has 0 aliphatic rings. The molecule has 1 aromatic carbocycles. The Morgan fingerprint density at radius 2 is 1.93 bits per heavy atom. The van der Waals surface area contributed by atoms with Crippen LogP contribution < -0.4 is 4.18 Å². The van der Waals surface area contributed by atoms with E-state index in [2.05, 4.69) is 4.18 Å². The molecule has 0 bridgehead atoms. The Labute approximate surface area is 80.0 Å². The molecule has 0 aromatic heterocycles. The molecule has 3 nitrogen and oxygen atoms in total. The third-order valence-corrected chi connectivity index (χ3v) is 1.82. The quantitative estimate of drug-likeness (QED) is 0.784. The van der Waals surface area contributed by atoms with Crippen LogP contribution in [-0.2, 0) is 11.4 Å². The van der Waals surface area contributed by atoms with Gasteiger partial charge in [-0.1, -0.05) is 0 Å². The summed E-state index contributed by atoms with van der Waals surface area (Å²) in [5.41, 5.74) is -0.480. The van der Waals surface area contributed by atoms with E-state index in [0.717, 1.165) is 6.92 Å². The van der Waals surface area contributed by atoms with Gasteiger partial charge in [0.1, 0.15) is 5.82 Å². The molecule has 0 spiro atoms. The zero-order chi connectivity index (χ0) is 10.9. The summed E-state index contributed by atoms with van der Waals surface area (Å²) < 4.78 is 60.8. The van der Waals surface area contributed by atoms with Crippen molar-refractivity contribution in [2.75, 3.05) is 0 Å². The normalized spacial score (nSPS) is 12.6. The number of benzene rings is 1. The summed E-state index contributed by atoms with van der Waals surface area (Å²) in [4.78, 5) is 0. The van der Waals surface area contributed by atoms with E-state index >= 15 is 0 Å². The number of hydrogen-bond donors (Lipinski definition) is 1. The molecule has 1 rings (SSSR count). The van der Waals surface area contributed by atoms with Gasteiger partial charge in [-0.25, -0.2) is 13.2 Å². The molecule has 0 amide bonds. The van der Waals surface area contributed by atoms with E-state index in [4.69, 9.17) is 4.55 Å². The molecule has 0 saturated heterocycles. The molecule has 1 unspecified atom stereocenters. The van der Waals surface area contributed by atoms with E-state index in [9.17, 15) is 17.4 Å². The topological polar surface area (TPSA) is 46.5 Å². The summed E-state index contributed by atoms with van der Waals surface area (Å²) in [5, 5.41) is 0. The SMILES string of the molecule is Cc1c(F)cc(F)c(OS(=O)O)c1F. The van der Waals surface area contributed by atoms with E-state index in [1.165, 1.54) is 0 Å². The van der Waals surface area contributed by atoms with Gasteiger partial charge in [-0.15, -0.1) is 0 Å². The van der Waals surface area contributed by atoms with E-state index < -0.39 is 40.1 Å². The lowest BCUT2D eigenvalue weighted by Gasteiger charge is -2.06. The van der Waals surface area contributed by atoms with Gasteiger partial charge < -0.3 is 4.18 Å². The predicted octanol–water partition coefficient (Wildman–Crippen LogP) is 1.93. The van der Waals surface area contributed by atoms with Gasteiger partial charge in [0.2, 0.25) is 5.75 Å². The lowest BCUT2D eigenvalue weighted by atomic mass is 10.2. The smallest absolute Gasteiger partial charge is 0.357 e. The third kappa shape index (κ3) is 2.05. The third-order valence-electron chi connectivity index (χ3n) is 1.51. The summed E-state index contributed by atoms with van der Waals surface area (Å²) >= 11 is -2.85. The van der Waals surface area contributed by atoms with Crippen molar-refractivity contribution in [3.63, 3.8) is 0 Å². The zero-order valence-electron chi connectivity index (χ0n) is 6.88. The van der Waals surface area contributed by atoms with E-state index in [1.807, 2.05) is 0 Å². The van der Waals surface area contributed by atoms with Crippen LogP contribution in [0.5, 0.6) is 5.75 Å². The molecule has 1 aromatic rings. The van der Waals surface area contributed by atoms with Crippen LogP contribution in [0.15, 0.2) is 6.07 Å². The molecule has 0 heterocycles. The maximum absolute atomic E-state index is 13.0. The maximum atomic E-state index is 13.0. The lowest BCUT2D eigenvalue weighted by Crippen LogP contribution is -2.04. The van der Waals surface area contributed by atoms with Crippen LogP contribution in [0.25, 0.3) is 0 Å². The van der Waals surface area contributed by atoms with Crippen molar-refractivity contribution < 1.29 is 26.1 Å². The first kappa shape index (κ1) is 11.0. The first-order valence-corrected chi connectivity index (χ1v) is 4.40. The average molecular weight is 226 g/mol. The van der Waals surface area contributed by atoms with Crippen LogP contribution in [0.3, 0.4) is 0 Å². The van der Waals surface area contributed by atoms with Crippen LogP contribution in [0.2, 0.25) is 0 Å². The molecular formula is C7H5F3O3S. The molecule has 7 heteroatoms. The Kier molecular flexibility index (Phi) is 3.12. The summed E-state index contributed by atoms with van der Waals surface area (Å²) in [6, 6.07) is 0.376. The molecule has 14 heavy (non-hydrogen) atoms. The van der Waals surface area contributed by atoms with Crippen LogP contribution in [0.1, 0.15) is 5.56 Å².